The largest absolute Gasteiger partial charge is 0.465 e. The van der Waals surface area contributed by atoms with Crippen LogP contribution < -0.4 is 0 Å². The van der Waals surface area contributed by atoms with Crippen LogP contribution in [0.15, 0.2) is 42.6 Å². The second-order valence-electron chi connectivity index (χ2n) is 6.45. The van der Waals surface area contributed by atoms with Crippen LogP contribution in [-0.4, -0.2) is 27.7 Å². The Kier molecular flexibility index (Phi) is 4.28. The molecule has 4 rings (SSSR count). The van der Waals surface area contributed by atoms with Crippen molar-refractivity contribution >= 4 is 22.8 Å². The lowest BCUT2D eigenvalue weighted by Crippen LogP contribution is -2.01. The average Bonchev–Trinajstić information content (AvgIpc) is 3.21. The molecule has 3 aromatic heterocycles. The predicted octanol–water partition coefficient (Wildman–Crippen LogP) is 4.84. The summed E-state index contributed by atoms with van der Waals surface area (Å²) < 4.78 is 6.87. The van der Waals surface area contributed by atoms with E-state index in [1.807, 2.05) is 67.9 Å². The smallest absolute Gasteiger partial charge is 0.350 e. The monoisotopic (exact) mass is 377 g/mol. The van der Waals surface area contributed by atoms with Gasteiger partial charge >= 0.3 is 5.97 Å². The standard InChI is InChI=1S/C21H19N3O2S/c1-12-8-7-9-13(2)16(12)18-19(21(25)26-4)27-20(22-18)17-14(3)23-24-11-6-5-10-15(17)24/h5-11H,1-4H3. The van der Waals surface area contributed by atoms with Gasteiger partial charge in [0.25, 0.3) is 0 Å². The summed E-state index contributed by atoms with van der Waals surface area (Å²) in [4.78, 5) is 17.9. The minimum absolute atomic E-state index is 0.370. The van der Waals surface area contributed by atoms with Crippen LogP contribution in [0.3, 0.4) is 0 Å². The summed E-state index contributed by atoms with van der Waals surface area (Å²) in [6, 6.07) is 12.0. The van der Waals surface area contributed by atoms with Gasteiger partial charge in [0.2, 0.25) is 0 Å². The quantitative estimate of drug-likeness (QED) is 0.480. The fourth-order valence-corrected chi connectivity index (χ4v) is 4.49. The number of hydrogen-bond donors (Lipinski definition) is 0. The van der Waals surface area contributed by atoms with E-state index in [4.69, 9.17) is 9.72 Å². The molecule has 0 bridgehead atoms. The molecule has 0 amide bonds. The second-order valence-corrected chi connectivity index (χ2v) is 7.45. The maximum absolute atomic E-state index is 12.5. The van der Waals surface area contributed by atoms with Crippen molar-refractivity contribution in [3.63, 3.8) is 0 Å². The summed E-state index contributed by atoms with van der Waals surface area (Å²) >= 11 is 1.35. The Labute approximate surface area is 161 Å². The van der Waals surface area contributed by atoms with Crippen LogP contribution in [0.4, 0.5) is 0 Å². The van der Waals surface area contributed by atoms with Crippen LogP contribution in [0.25, 0.3) is 27.3 Å². The van der Waals surface area contributed by atoms with Gasteiger partial charge in [0.15, 0.2) is 0 Å². The van der Waals surface area contributed by atoms with Crippen molar-refractivity contribution in [1.29, 1.82) is 0 Å². The van der Waals surface area contributed by atoms with Crippen LogP contribution in [0.2, 0.25) is 0 Å². The molecule has 0 spiro atoms. The highest BCUT2D eigenvalue weighted by atomic mass is 32.1. The Balaban J connectivity index is 2.01. The Morgan fingerprint density at radius 2 is 1.78 bits per heavy atom. The number of carbonyl (C=O) groups is 1. The lowest BCUT2D eigenvalue weighted by molar-refractivity contribution is 0.0607. The van der Waals surface area contributed by atoms with Gasteiger partial charge in [-0.3, -0.25) is 0 Å². The number of rotatable bonds is 3. The maximum atomic E-state index is 12.5. The fraction of sp³-hybridized carbons (Fsp3) is 0.190. The zero-order valence-electron chi connectivity index (χ0n) is 15.6. The first kappa shape index (κ1) is 17.4. The number of aromatic nitrogens is 3. The molecule has 0 N–H and O–H groups in total. The van der Waals surface area contributed by atoms with E-state index in [1.165, 1.54) is 18.4 Å². The number of thiazole rings is 1. The van der Waals surface area contributed by atoms with Gasteiger partial charge < -0.3 is 4.74 Å². The average molecular weight is 377 g/mol. The fourth-order valence-electron chi connectivity index (χ4n) is 3.40. The van der Waals surface area contributed by atoms with Crippen molar-refractivity contribution in [3.05, 3.63) is 64.3 Å². The van der Waals surface area contributed by atoms with Crippen molar-refractivity contribution < 1.29 is 9.53 Å². The Hall–Kier alpha value is -2.99. The van der Waals surface area contributed by atoms with Crippen LogP contribution in [0, 0.1) is 20.8 Å². The Morgan fingerprint density at radius 1 is 1.04 bits per heavy atom. The third kappa shape index (κ3) is 2.82. The molecule has 4 aromatic rings. The van der Waals surface area contributed by atoms with Crippen LogP contribution in [-0.2, 0) is 4.74 Å². The van der Waals surface area contributed by atoms with Crippen molar-refractivity contribution in [1.82, 2.24) is 14.6 Å². The van der Waals surface area contributed by atoms with E-state index in [0.29, 0.717) is 10.6 Å². The molecule has 0 saturated heterocycles. The van der Waals surface area contributed by atoms with E-state index < -0.39 is 0 Å². The minimum Gasteiger partial charge on any atom is -0.465 e. The molecule has 27 heavy (non-hydrogen) atoms. The minimum atomic E-state index is -0.370. The second kappa shape index (κ2) is 6.63. The van der Waals surface area contributed by atoms with Gasteiger partial charge in [0.1, 0.15) is 9.88 Å². The molecule has 0 aliphatic rings. The maximum Gasteiger partial charge on any atom is 0.350 e. The molecule has 0 radical (unpaired) electrons. The molecule has 0 aliphatic heterocycles. The highest BCUT2D eigenvalue weighted by Crippen LogP contribution is 2.39. The summed E-state index contributed by atoms with van der Waals surface area (Å²) in [6.07, 6.45) is 1.91. The molecule has 5 nitrogen and oxygen atoms in total. The van der Waals surface area contributed by atoms with E-state index in [0.717, 1.165) is 38.5 Å². The first-order valence-corrected chi connectivity index (χ1v) is 9.43. The Morgan fingerprint density at radius 3 is 2.48 bits per heavy atom. The van der Waals surface area contributed by atoms with Crippen molar-refractivity contribution in [2.45, 2.75) is 20.8 Å². The van der Waals surface area contributed by atoms with Gasteiger partial charge in [-0.15, -0.1) is 11.3 Å². The topological polar surface area (TPSA) is 56.5 Å². The van der Waals surface area contributed by atoms with Crippen molar-refractivity contribution in [2.24, 2.45) is 0 Å². The zero-order chi connectivity index (χ0) is 19.1. The highest BCUT2D eigenvalue weighted by molar-refractivity contribution is 7.17. The molecular weight excluding hydrogens is 358 g/mol. The van der Waals surface area contributed by atoms with Crippen molar-refractivity contribution in [3.8, 4) is 21.8 Å². The molecule has 0 saturated carbocycles. The number of fused-ring (bicyclic) bond motifs is 1. The van der Waals surface area contributed by atoms with Gasteiger partial charge in [0.05, 0.1) is 29.6 Å². The molecule has 136 valence electrons. The zero-order valence-corrected chi connectivity index (χ0v) is 16.4. The normalized spacial score (nSPS) is 11.1. The van der Waals surface area contributed by atoms with E-state index in [2.05, 4.69) is 5.10 Å². The Bertz CT molecular complexity index is 1150. The first-order valence-electron chi connectivity index (χ1n) is 8.61. The van der Waals surface area contributed by atoms with Crippen molar-refractivity contribution in [2.75, 3.05) is 7.11 Å². The lowest BCUT2D eigenvalue weighted by atomic mass is 9.99. The van der Waals surface area contributed by atoms with Crippen LogP contribution in [0.5, 0.6) is 0 Å². The molecule has 0 aliphatic carbocycles. The van der Waals surface area contributed by atoms with Gasteiger partial charge in [-0.05, 0) is 44.0 Å². The predicted molar refractivity (Wildman–Crippen MR) is 107 cm³/mol. The molecule has 1 aromatic carbocycles. The third-order valence-corrected chi connectivity index (χ3v) is 5.70. The molecule has 0 unspecified atom stereocenters. The highest BCUT2D eigenvalue weighted by Gasteiger charge is 2.25. The van der Waals surface area contributed by atoms with E-state index in [9.17, 15) is 4.79 Å². The molecule has 0 atom stereocenters. The van der Waals surface area contributed by atoms with E-state index in [-0.39, 0.29) is 5.97 Å². The molecule has 0 fully saturated rings. The summed E-state index contributed by atoms with van der Waals surface area (Å²) in [6.45, 7) is 6.02. The molecule has 6 heteroatoms. The number of hydrogen-bond acceptors (Lipinski definition) is 5. The van der Waals surface area contributed by atoms with E-state index >= 15 is 0 Å². The third-order valence-electron chi connectivity index (χ3n) is 4.64. The first-order chi connectivity index (χ1) is 13.0. The summed E-state index contributed by atoms with van der Waals surface area (Å²) in [5, 5.41) is 5.34. The summed E-state index contributed by atoms with van der Waals surface area (Å²) in [5.41, 5.74) is 6.60. The number of carbonyl (C=O) groups excluding carboxylic acids is 1. The number of aryl methyl sites for hydroxylation is 3. The molecular formula is C21H19N3O2S. The number of esters is 1. The SMILES string of the molecule is COC(=O)c1sc(-c2c(C)nn3ccccc23)nc1-c1c(C)cccc1C. The van der Waals surface area contributed by atoms with Gasteiger partial charge in [0, 0.05) is 11.8 Å². The number of ether oxygens (including phenoxy) is 1. The van der Waals surface area contributed by atoms with Crippen LogP contribution >= 0.6 is 11.3 Å². The summed E-state index contributed by atoms with van der Waals surface area (Å²) in [5.74, 6) is -0.370. The van der Waals surface area contributed by atoms with Gasteiger partial charge in [-0.1, -0.05) is 24.3 Å². The number of benzene rings is 1. The van der Waals surface area contributed by atoms with E-state index in [1.54, 1.807) is 0 Å². The van der Waals surface area contributed by atoms with Crippen LogP contribution in [0.1, 0.15) is 26.5 Å². The van der Waals surface area contributed by atoms with Gasteiger partial charge in [-0.2, -0.15) is 5.10 Å². The number of pyridine rings is 1. The number of methoxy groups -OCH3 is 1. The summed E-state index contributed by atoms with van der Waals surface area (Å²) in [7, 11) is 1.40. The van der Waals surface area contributed by atoms with Gasteiger partial charge in [-0.25, -0.2) is 14.3 Å². The molecule has 3 heterocycles. The lowest BCUT2D eigenvalue weighted by Gasteiger charge is -2.08. The number of nitrogens with zero attached hydrogens (tertiary/aromatic N) is 3.